The van der Waals surface area contributed by atoms with E-state index in [0.717, 1.165) is 48.0 Å². The van der Waals surface area contributed by atoms with Gasteiger partial charge in [-0.25, -0.2) is 0 Å². The first-order chi connectivity index (χ1) is 17.2. The van der Waals surface area contributed by atoms with E-state index in [1.54, 1.807) is 0 Å². The number of carbonyl (C=O) groups excluding carboxylic acids is 1. The van der Waals surface area contributed by atoms with Gasteiger partial charge in [-0.3, -0.25) is 15.1 Å². The summed E-state index contributed by atoms with van der Waals surface area (Å²) >= 11 is 0. The lowest BCUT2D eigenvalue weighted by Crippen LogP contribution is -2.54. The van der Waals surface area contributed by atoms with Crippen LogP contribution in [-0.4, -0.2) is 25.3 Å². The minimum Gasteiger partial charge on any atom is -0.360 e. The summed E-state index contributed by atoms with van der Waals surface area (Å²) in [5.41, 5.74) is 1.16. The van der Waals surface area contributed by atoms with Gasteiger partial charge in [0.1, 0.15) is 6.23 Å². The van der Waals surface area contributed by atoms with Crippen LogP contribution in [0.3, 0.4) is 0 Å². The number of halogens is 1. The van der Waals surface area contributed by atoms with Crippen molar-refractivity contribution in [3.05, 3.63) is 0 Å². The van der Waals surface area contributed by atoms with Crippen molar-refractivity contribution in [3.8, 4) is 0 Å². The predicted molar refractivity (Wildman–Crippen MR) is 145 cm³/mol. The maximum atomic E-state index is 9.85. The zero-order valence-electron chi connectivity index (χ0n) is 24.5. The van der Waals surface area contributed by atoms with Crippen molar-refractivity contribution in [2.75, 3.05) is 6.54 Å². The fraction of sp³-hybridized carbons (Fsp3) is 0.968. The quantitative estimate of drug-likeness (QED) is 0.382. The molecule has 1 aliphatic heterocycles. The molecule has 5 heteroatoms. The summed E-state index contributed by atoms with van der Waals surface area (Å²) < 4.78 is 16.6. The maximum absolute atomic E-state index is 9.85. The van der Waals surface area contributed by atoms with Crippen LogP contribution in [0, 0.1) is 58.2 Å². The van der Waals surface area contributed by atoms with Crippen molar-refractivity contribution < 1.29 is 19.0 Å². The van der Waals surface area contributed by atoms with E-state index in [-0.39, 0.29) is 12.7 Å². The van der Waals surface area contributed by atoms with Crippen LogP contribution in [0.25, 0.3) is 0 Å². The summed E-state index contributed by atoms with van der Waals surface area (Å²) in [5, 5.41) is 3.80. The van der Waals surface area contributed by atoms with E-state index in [4.69, 9.17) is 9.53 Å². The number of rotatable bonds is 5. The molecule has 210 valence electrons. The Hall–Kier alpha value is -0.680. The highest BCUT2D eigenvalue weighted by molar-refractivity contribution is 5.35. The van der Waals surface area contributed by atoms with Crippen LogP contribution in [0.2, 0.25) is 0 Å². The van der Waals surface area contributed by atoms with Crippen LogP contribution in [-0.2, 0) is 14.5 Å². The molecular weight excluding hydrogens is 453 g/mol. The van der Waals surface area contributed by atoms with Gasteiger partial charge in [0.05, 0.1) is 6.10 Å². The molecule has 5 rings (SSSR count). The molecule has 5 fully saturated rings. The molecular formula is C31H56FNO3. The molecule has 0 bridgehead atoms. The largest absolute Gasteiger partial charge is 0.360 e. The molecule has 5 unspecified atom stereocenters. The number of ether oxygens (including phenoxy) is 1. The Bertz CT molecular complexity index is 705. The second-order valence-electron chi connectivity index (χ2n) is 13.4. The van der Waals surface area contributed by atoms with E-state index < -0.39 is 0 Å². The third-order valence-electron chi connectivity index (χ3n) is 11.8. The summed E-state index contributed by atoms with van der Waals surface area (Å²) in [7, 11) is 0. The van der Waals surface area contributed by atoms with Crippen molar-refractivity contribution in [2.24, 2.45) is 58.2 Å². The first-order valence-electron chi connectivity index (χ1n) is 15.3. The van der Waals surface area contributed by atoms with Gasteiger partial charge in [0.25, 0.3) is 0 Å². The Morgan fingerprint density at radius 3 is 2.36 bits per heavy atom. The monoisotopic (exact) mass is 509 g/mol. The van der Waals surface area contributed by atoms with Gasteiger partial charge in [-0.05, 0) is 97.2 Å². The molecule has 4 nitrogen and oxygen atoms in total. The third-order valence-corrected chi connectivity index (χ3v) is 11.8. The highest BCUT2D eigenvalue weighted by Gasteiger charge is 2.65. The van der Waals surface area contributed by atoms with Crippen LogP contribution in [0.4, 0.5) is 4.53 Å². The van der Waals surface area contributed by atoms with Gasteiger partial charge in [-0.2, -0.15) is 0 Å². The van der Waals surface area contributed by atoms with Crippen LogP contribution in [0.5, 0.6) is 0 Å². The van der Waals surface area contributed by atoms with E-state index in [1.807, 2.05) is 13.8 Å². The topological polar surface area (TPSA) is 47.6 Å². The second-order valence-corrected chi connectivity index (χ2v) is 13.4. The highest BCUT2D eigenvalue weighted by Crippen LogP contribution is 2.70. The minimum absolute atomic E-state index is 0.289. The zero-order valence-corrected chi connectivity index (χ0v) is 24.5. The molecule has 1 saturated heterocycles. The average Bonchev–Trinajstić information content (AvgIpc) is 3.37. The summed E-state index contributed by atoms with van der Waals surface area (Å²) in [4.78, 5) is 10.9. The molecule has 36 heavy (non-hydrogen) atoms. The minimum atomic E-state index is -0.292. The van der Waals surface area contributed by atoms with Gasteiger partial charge in [0.2, 0.25) is 0 Å². The maximum Gasteiger partial charge on any atom is 0.337 e. The Kier molecular flexibility index (Phi) is 10.3. The van der Waals surface area contributed by atoms with Gasteiger partial charge in [0.15, 0.2) is 0 Å². The number of hydrogen-bond donors (Lipinski definition) is 1. The van der Waals surface area contributed by atoms with Crippen LogP contribution >= 0.6 is 0 Å². The lowest BCUT2D eigenvalue weighted by Gasteiger charge is -2.61. The molecule has 0 aromatic rings. The molecule has 1 N–H and O–H groups in total. The summed E-state index contributed by atoms with van der Waals surface area (Å²) in [5.74, 6) is 7.05. The molecule has 0 radical (unpaired) electrons. The Balaban J connectivity index is 0.000000550. The molecule has 5 aliphatic rings. The van der Waals surface area contributed by atoms with E-state index >= 15 is 0 Å². The molecule has 4 saturated carbocycles. The Morgan fingerprint density at radius 2 is 1.72 bits per heavy atom. The normalized spacial score (nSPS) is 47.4. The van der Waals surface area contributed by atoms with Gasteiger partial charge >= 0.3 is 6.47 Å². The van der Waals surface area contributed by atoms with E-state index in [0.29, 0.717) is 22.9 Å². The van der Waals surface area contributed by atoms with Gasteiger partial charge in [-0.1, -0.05) is 68.2 Å². The fourth-order valence-electron chi connectivity index (χ4n) is 9.78. The Morgan fingerprint density at radius 1 is 1.06 bits per heavy atom. The van der Waals surface area contributed by atoms with Crippen LogP contribution in [0.1, 0.15) is 113 Å². The van der Waals surface area contributed by atoms with Gasteiger partial charge in [0, 0.05) is 17.0 Å². The number of fused-ring (bicyclic) bond motifs is 7. The highest BCUT2D eigenvalue weighted by atomic mass is 19.3. The SMILES string of the molecule is CC.CC[C@H](C)CN[C@H]1O[C@H]2CC3[C@@H]4CCC5CC(C)CC[C@]5(C)C4CC[C@]3(C)C2[C@@H]1C.O=COF. The summed E-state index contributed by atoms with van der Waals surface area (Å²) in [6.45, 7) is 19.9. The number of nitrogens with one attached hydrogen (secondary N) is 1. The average molecular weight is 510 g/mol. The molecule has 1 heterocycles. The van der Waals surface area contributed by atoms with Crippen LogP contribution < -0.4 is 5.32 Å². The van der Waals surface area contributed by atoms with Crippen molar-refractivity contribution in [2.45, 2.75) is 126 Å². The standard InChI is InChI=1S/C28H49NO.C2H6.CHFO2/c1-7-17(2)16-29-26-19(4)25-24(30-26)15-23-21-9-8-20-14-18(3)10-12-27(20,5)22(21)11-13-28(23,25)6;1-2;2-4-1-3/h17-26,29H,7-16H2,1-6H3;1-2H3;1H/t17-,18?,19-,20?,21+,22?,23?,24-,25?,26-,27-,28-;;/m0../s1. The number of carbonyl (C=O) groups is 1. The van der Waals surface area contributed by atoms with Crippen molar-refractivity contribution in [3.63, 3.8) is 0 Å². The lowest BCUT2D eigenvalue weighted by atomic mass is 9.44. The van der Waals surface area contributed by atoms with Crippen molar-refractivity contribution in [1.29, 1.82) is 0 Å². The van der Waals surface area contributed by atoms with E-state index in [9.17, 15) is 4.53 Å². The third kappa shape index (κ3) is 5.40. The lowest BCUT2D eigenvalue weighted by molar-refractivity contribution is -0.165. The summed E-state index contributed by atoms with van der Waals surface area (Å²) in [6, 6.07) is 0. The molecule has 0 aromatic heterocycles. The Labute approximate surface area is 221 Å². The molecule has 12 atom stereocenters. The predicted octanol–water partition coefficient (Wildman–Crippen LogP) is 7.96. The van der Waals surface area contributed by atoms with Crippen molar-refractivity contribution >= 4 is 6.47 Å². The summed E-state index contributed by atoms with van der Waals surface area (Å²) in [6.07, 6.45) is 13.9. The van der Waals surface area contributed by atoms with Crippen molar-refractivity contribution in [1.82, 2.24) is 5.32 Å². The zero-order chi connectivity index (χ0) is 26.7. The number of hydrogen-bond acceptors (Lipinski definition) is 4. The molecule has 4 aliphatic carbocycles. The van der Waals surface area contributed by atoms with Gasteiger partial charge < -0.3 is 4.74 Å². The van der Waals surface area contributed by atoms with Gasteiger partial charge in [-0.15, -0.1) is 0 Å². The smallest absolute Gasteiger partial charge is 0.337 e. The van der Waals surface area contributed by atoms with Crippen LogP contribution in [0.15, 0.2) is 0 Å². The first kappa shape index (κ1) is 29.9. The first-order valence-corrected chi connectivity index (χ1v) is 15.3. The second kappa shape index (κ2) is 12.5. The molecule has 0 spiro atoms. The molecule has 0 aromatic carbocycles. The van der Waals surface area contributed by atoms with E-state index in [1.165, 1.54) is 57.8 Å². The fourth-order valence-corrected chi connectivity index (χ4v) is 9.78. The van der Waals surface area contributed by atoms with E-state index in [2.05, 4.69) is 51.8 Å². The molecule has 0 amide bonds.